The van der Waals surface area contributed by atoms with Crippen molar-refractivity contribution in [1.82, 2.24) is 4.98 Å². The standard InChI is InChI=1S/C31H37F6N3O6/c1-18-5-7-19(8-6-18)28(41)40(21(15-44-2)16-45-3)25-13-24(32)26(12-22(25)29(42)43)46-27-23(31(35,36)37)11-20(14-38-27)39-10-4-9-30(33,34)17-39/h11-14,18-19,21H,4-10,15-17H2,1-3H3,(H,42,43). The van der Waals surface area contributed by atoms with Crippen molar-refractivity contribution in [2.75, 3.05) is 50.3 Å². The first kappa shape index (κ1) is 35.3. The molecule has 0 unspecified atom stereocenters. The minimum absolute atomic E-state index is 0.0527. The van der Waals surface area contributed by atoms with Gasteiger partial charge in [-0.25, -0.2) is 22.9 Å². The average molecular weight is 662 g/mol. The molecular formula is C31H37F6N3O6. The Labute approximate surface area is 262 Å². The highest BCUT2D eigenvalue weighted by Crippen LogP contribution is 2.42. The predicted octanol–water partition coefficient (Wildman–Crippen LogP) is 6.79. The number of aromatic carboxylic acids is 1. The molecule has 2 fully saturated rings. The summed E-state index contributed by atoms with van der Waals surface area (Å²) in [6.45, 7) is 1.17. The van der Waals surface area contributed by atoms with Crippen molar-refractivity contribution in [3.05, 3.63) is 41.3 Å². The van der Waals surface area contributed by atoms with Crippen molar-refractivity contribution in [2.45, 2.75) is 63.6 Å². The van der Waals surface area contributed by atoms with Crippen molar-refractivity contribution >= 4 is 23.3 Å². The number of hydrogen-bond acceptors (Lipinski definition) is 7. The summed E-state index contributed by atoms with van der Waals surface area (Å²) in [6, 6.07) is 1.13. The van der Waals surface area contributed by atoms with Gasteiger partial charge in [-0.1, -0.05) is 6.92 Å². The number of carbonyl (C=O) groups excluding carboxylic acids is 1. The van der Waals surface area contributed by atoms with Crippen LogP contribution in [0.1, 0.15) is 61.4 Å². The number of carboxylic acid groups (broad SMARTS) is 1. The van der Waals surface area contributed by atoms with E-state index < -0.39 is 77.5 Å². The third-order valence-corrected chi connectivity index (χ3v) is 8.33. The normalized spacial score (nSPS) is 20.1. The van der Waals surface area contributed by atoms with E-state index in [1.54, 1.807) is 0 Å². The van der Waals surface area contributed by atoms with Crippen LogP contribution >= 0.6 is 0 Å². The van der Waals surface area contributed by atoms with Gasteiger partial charge in [0.05, 0.1) is 48.9 Å². The fourth-order valence-corrected chi connectivity index (χ4v) is 5.96. The molecule has 46 heavy (non-hydrogen) atoms. The summed E-state index contributed by atoms with van der Waals surface area (Å²) >= 11 is 0. The minimum atomic E-state index is -5.09. The van der Waals surface area contributed by atoms with Crippen LogP contribution in [0.25, 0.3) is 0 Å². The number of pyridine rings is 1. The van der Waals surface area contributed by atoms with Crippen LogP contribution < -0.4 is 14.5 Å². The van der Waals surface area contributed by atoms with Gasteiger partial charge in [0.2, 0.25) is 11.8 Å². The molecule has 2 aromatic rings. The van der Waals surface area contributed by atoms with Gasteiger partial charge in [-0.05, 0) is 44.1 Å². The SMILES string of the molecule is COCC(COC)N(C(=O)C1CCC(C)CC1)c1cc(F)c(Oc2ncc(N3CCCC(F)(F)C3)cc2C(F)(F)F)cc1C(=O)O. The number of rotatable bonds is 11. The molecule has 0 atom stereocenters. The van der Waals surface area contributed by atoms with Gasteiger partial charge in [0.25, 0.3) is 5.92 Å². The van der Waals surface area contributed by atoms with E-state index >= 15 is 4.39 Å². The molecule has 0 radical (unpaired) electrons. The summed E-state index contributed by atoms with van der Waals surface area (Å²) in [6.07, 6.45) is -1.92. The number of aromatic nitrogens is 1. The van der Waals surface area contributed by atoms with Gasteiger partial charge in [-0.15, -0.1) is 0 Å². The maximum atomic E-state index is 15.7. The van der Waals surface area contributed by atoms with Gasteiger partial charge in [0, 0.05) is 45.2 Å². The molecule has 1 aromatic heterocycles. The van der Waals surface area contributed by atoms with Crippen LogP contribution in [0, 0.1) is 17.7 Å². The fraction of sp³-hybridized carbons (Fsp3) is 0.581. The average Bonchev–Trinajstić information content (AvgIpc) is 2.98. The topological polar surface area (TPSA) is 101 Å². The van der Waals surface area contributed by atoms with Crippen molar-refractivity contribution < 1.29 is 55.2 Å². The van der Waals surface area contributed by atoms with E-state index in [2.05, 4.69) is 11.9 Å². The lowest BCUT2D eigenvalue weighted by molar-refractivity contribution is -0.138. The summed E-state index contributed by atoms with van der Waals surface area (Å²) in [5, 5.41) is 10.1. The highest BCUT2D eigenvalue weighted by Gasteiger charge is 2.40. The summed E-state index contributed by atoms with van der Waals surface area (Å²) in [7, 11) is 2.74. The molecule has 1 amide bonds. The van der Waals surface area contributed by atoms with Crippen LogP contribution in [-0.4, -0.2) is 74.5 Å². The first-order valence-corrected chi connectivity index (χ1v) is 14.9. The molecule has 4 rings (SSSR count). The Morgan fingerprint density at radius 3 is 2.33 bits per heavy atom. The number of nitrogens with zero attached hydrogens (tertiary/aromatic N) is 3. The quantitative estimate of drug-likeness (QED) is 0.263. The van der Waals surface area contributed by atoms with Gasteiger partial charge in [0.15, 0.2) is 11.6 Å². The van der Waals surface area contributed by atoms with Crippen molar-refractivity contribution in [3.63, 3.8) is 0 Å². The zero-order valence-corrected chi connectivity index (χ0v) is 25.7. The Bertz CT molecular complexity index is 1390. The number of methoxy groups -OCH3 is 2. The van der Waals surface area contributed by atoms with Crippen molar-refractivity contribution in [3.8, 4) is 11.6 Å². The van der Waals surface area contributed by atoms with Gasteiger partial charge in [-0.2, -0.15) is 13.2 Å². The van der Waals surface area contributed by atoms with E-state index in [-0.39, 0.29) is 37.6 Å². The summed E-state index contributed by atoms with van der Waals surface area (Å²) in [4.78, 5) is 32.3. The lowest BCUT2D eigenvalue weighted by atomic mass is 9.82. The van der Waals surface area contributed by atoms with Crippen LogP contribution in [0.3, 0.4) is 0 Å². The van der Waals surface area contributed by atoms with E-state index in [1.165, 1.54) is 14.2 Å². The highest BCUT2D eigenvalue weighted by atomic mass is 19.4. The second kappa shape index (κ2) is 14.4. The number of amides is 1. The zero-order chi connectivity index (χ0) is 33.8. The molecule has 9 nitrogen and oxygen atoms in total. The van der Waals surface area contributed by atoms with Crippen LogP contribution in [0.4, 0.5) is 37.7 Å². The maximum absolute atomic E-state index is 15.7. The number of alkyl halides is 5. The third kappa shape index (κ3) is 8.21. The molecule has 1 aromatic carbocycles. The van der Waals surface area contributed by atoms with Crippen LogP contribution in [0.15, 0.2) is 24.4 Å². The van der Waals surface area contributed by atoms with Crippen LogP contribution in [0.2, 0.25) is 0 Å². The second-order valence-electron chi connectivity index (χ2n) is 11.9. The van der Waals surface area contributed by atoms with E-state index in [0.29, 0.717) is 30.9 Å². The summed E-state index contributed by atoms with van der Waals surface area (Å²) < 4.78 is 102. The Kier molecular flexibility index (Phi) is 11.1. The summed E-state index contributed by atoms with van der Waals surface area (Å²) in [5.74, 6) is -8.51. The van der Waals surface area contributed by atoms with Crippen LogP contribution in [-0.2, 0) is 20.4 Å². The Hall–Kier alpha value is -3.59. The molecule has 1 saturated carbocycles. The largest absolute Gasteiger partial charge is 0.478 e. The number of hydrogen-bond donors (Lipinski definition) is 1. The van der Waals surface area contributed by atoms with E-state index in [9.17, 15) is 36.6 Å². The lowest BCUT2D eigenvalue weighted by Gasteiger charge is -2.36. The summed E-state index contributed by atoms with van der Waals surface area (Å²) in [5.41, 5.74) is -2.66. The molecule has 1 aliphatic heterocycles. The zero-order valence-electron chi connectivity index (χ0n) is 25.7. The van der Waals surface area contributed by atoms with Crippen molar-refractivity contribution in [1.29, 1.82) is 0 Å². The molecule has 15 heteroatoms. The van der Waals surface area contributed by atoms with Crippen LogP contribution in [0.5, 0.6) is 11.6 Å². The number of anilines is 2. The van der Waals surface area contributed by atoms with Gasteiger partial charge < -0.3 is 29.1 Å². The van der Waals surface area contributed by atoms with Gasteiger partial charge in [-0.3, -0.25) is 4.79 Å². The monoisotopic (exact) mass is 661 g/mol. The highest BCUT2D eigenvalue weighted by molar-refractivity contribution is 6.03. The number of piperidine rings is 1. The Balaban J connectivity index is 1.75. The van der Waals surface area contributed by atoms with Gasteiger partial charge in [0.1, 0.15) is 5.56 Å². The molecule has 0 bridgehead atoms. The lowest BCUT2D eigenvalue weighted by Crippen LogP contribution is -2.49. The number of benzene rings is 1. The molecule has 1 saturated heterocycles. The van der Waals surface area contributed by atoms with E-state index in [1.807, 2.05) is 0 Å². The number of carboxylic acids is 1. The second-order valence-corrected chi connectivity index (χ2v) is 11.9. The van der Waals surface area contributed by atoms with E-state index in [0.717, 1.165) is 34.9 Å². The smallest absolute Gasteiger partial charge is 0.421 e. The molecule has 1 N–H and O–H groups in total. The Morgan fingerprint density at radius 2 is 1.76 bits per heavy atom. The number of halogens is 6. The fourth-order valence-electron chi connectivity index (χ4n) is 5.96. The minimum Gasteiger partial charge on any atom is -0.478 e. The number of ether oxygens (including phenoxy) is 3. The number of carbonyl (C=O) groups is 2. The molecule has 2 aliphatic rings. The molecule has 0 spiro atoms. The van der Waals surface area contributed by atoms with Crippen molar-refractivity contribution in [2.24, 2.45) is 11.8 Å². The van der Waals surface area contributed by atoms with E-state index in [4.69, 9.17) is 14.2 Å². The predicted molar refractivity (Wildman–Crippen MR) is 155 cm³/mol. The molecule has 1 aliphatic carbocycles. The molecule has 254 valence electrons. The third-order valence-electron chi connectivity index (χ3n) is 8.33. The Morgan fingerprint density at radius 1 is 1.11 bits per heavy atom. The first-order valence-electron chi connectivity index (χ1n) is 14.9. The first-order chi connectivity index (χ1) is 21.6. The molecule has 2 heterocycles. The van der Waals surface area contributed by atoms with Gasteiger partial charge >= 0.3 is 12.1 Å². The maximum Gasteiger partial charge on any atom is 0.421 e. The molecular weight excluding hydrogens is 624 g/mol.